The summed E-state index contributed by atoms with van der Waals surface area (Å²) in [5.74, 6) is 0.937. The first kappa shape index (κ1) is 34.6. The molecule has 3 aromatic carbocycles. The van der Waals surface area contributed by atoms with Crippen LogP contribution in [0.4, 0.5) is 4.79 Å². The summed E-state index contributed by atoms with van der Waals surface area (Å²) in [5, 5.41) is 20.6. The molecule has 0 fully saturated rings. The van der Waals surface area contributed by atoms with Crippen molar-refractivity contribution in [1.82, 2.24) is 16.1 Å². The lowest BCUT2D eigenvalue weighted by atomic mass is 9.95. The van der Waals surface area contributed by atoms with Crippen molar-refractivity contribution in [2.75, 3.05) is 20.3 Å². The zero-order valence-corrected chi connectivity index (χ0v) is 29.6. The summed E-state index contributed by atoms with van der Waals surface area (Å²) in [6, 6.07) is 15.2. The van der Waals surface area contributed by atoms with Gasteiger partial charge in [-0.05, 0) is 112 Å². The third-order valence-corrected chi connectivity index (χ3v) is 8.24. The fourth-order valence-corrected chi connectivity index (χ4v) is 6.73. The van der Waals surface area contributed by atoms with Gasteiger partial charge in [0.25, 0.3) is 0 Å². The number of benzene rings is 3. The highest BCUT2D eigenvalue weighted by Crippen LogP contribution is 2.35. The molecule has 0 spiro atoms. The lowest BCUT2D eigenvalue weighted by Gasteiger charge is -2.28. The van der Waals surface area contributed by atoms with Gasteiger partial charge in [0, 0.05) is 10.7 Å². The Morgan fingerprint density at radius 1 is 1.11 bits per heavy atom. The molecule has 4 rings (SSSR count). The summed E-state index contributed by atoms with van der Waals surface area (Å²) >= 11 is 10.5. The van der Waals surface area contributed by atoms with E-state index in [2.05, 4.69) is 66.3 Å². The lowest BCUT2D eigenvalue weighted by molar-refractivity contribution is -0.136. The van der Waals surface area contributed by atoms with Gasteiger partial charge < -0.3 is 34.7 Å². The van der Waals surface area contributed by atoms with Crippen LogP contribution in [0.2, 0.25) is 5.02 Å². The maximum absolute atomic E-state index is 12.4. The van der Waals surface area contributed by atoms with Crippen LogP contribution >= 0.6 is 56.8 Å². The standard InChI is InChI=1S/C31H31ClI2N4O7/c1-4-43-25-13-20(28-27(30(40)42-3)17(2)36-31(41)37-28)8-9-24(25)44-16-26(39)38-35-14-19-11-22(33)29(23(34)12-19)45-15-18-6-5-7-21(32)10-18/h5-14,26,28,38-39H,4,15-16H2,1-3H3,(H2,36,37,41)/b35-14+/t26-,28+/m0/s1. The van der Waals surface area contributed by atoms with E-state index in [1.165, 1.54) is 7.11 Å². The molecule has 0 unspecified atom stereocenters. The molecular weight excluding hydrogens is 830 g/mol. The van der Waals surface area contributed by atoms with Crippen LogP contribution in [0.25, 0.3) is 0 Å². The second-order valence-corrected chi connectivity index (χ2v) is 12.4. The van der Waals surface area contributed by atoms with E-state index in [1.54, 1.807) is 31.3 Å². The number of rotatable bonds is 13. The van der Waals surface area contributed by atoms with Gasteiger partial charge in [0.05, 0.1) is 38.7 Å². The fourth-order valence-electron chi connectivity index (χ4n) is 4.39. The largest absolute Gasteiger partial charge is 0.490 e. The first-order valence-corrected chi connectivity index (χ1v) is 16.2. The Kier molecular flexibility index (Phi) is 12.6. The van der Waals surface area contributed by atoms with Crippen LogP contribution in [0.1, 0.15) is 36.6 Å². The average Bonchev–Trinajstić information content (AvgIpc) is 2.99. The van der Waals surface area contributed by atoms with Crippen molar-refractivity contribution in [3.05, 3.63) is 94.7 Å². The number of ether oxygens (including phenoxy) is 4. The summed E-state index contributed by atoms with van der Waals surface area (Å²) in [5.41, 5.74) is 5.70. The van der Waals surface area contributed by atoms with E-state index >= 15 is 0 Å². The third kappa shape index (κ3) is 9.37. The number of carbonyl (C=O) groups is 2. The topological polar surface area (TPSA) is 140 Å². The van der Waals surface area contributed by atoms with E-state index in [4.69, 9.17) is 30.5 Å². The molecule has 0 saturated carbocycles. The number of methoxy groups -OCH3 is 1. The van der Waals surface area contributed by atoms with Crippen molar-refractivity contribution in [3.63, 3.8) is 0 Å². The maximum atomic E-state index is 12.4. The molecule has 0 bridgehead atoms. The number of hydrogen-bond donors (Lipinski definition) is 4. The molecule has 1 heterocycles. The van der Waals surface area contributed by atoms with Crippen molar-refractivity contribution >= 4 is 75.0 Å². The van der Waals surface area contributed by atoms with Gasteiger partial charge in [-0.15, -0.1) is 0 Å². The predicted octanol–water partition coefficient (Wildman–Crippen LogP) is 5.65. The predicted molar refractivity (Wildman–Crippen MR) is 187 cm³/mol. The molecule has 0 aliphatic carbocycles. The second kappa shape index (κ2) is 16.3. The van der Waals surface area contributed by atoms with Crippen molar-refractivity contribution in [3.8, 4) is 17.2 Å². The normalized spacial score (nSPS) is 15.3. The lowest BCUT2D eigenvalue weighted by Crippen LogP contribution is -2.45. The zero-order valence-electron chi connectivity index (χ0n) is 24.5. The molecule has 1 aliphatic heterocycles. The highest BCUT2D eigenvalue weighted by Gasteiger charge is 2.32. The van der Waals surface area contributed by atoms with Crippen molar-refractivity contribution in [1.29, 1.82) is 0 Å². The summed E-state index contributed by atoms with van der Waals surface area (Å²) in [6.45, 7) is 4.04. The Morgan fingerprint density at radius 2 is 1.87 bits per heavy atom. The van der Waals surface area contributed by atoms with E-state index in [1.807, 2.05) is 43.3 Å². The van der Waals surface area contributed by atoms with Crippen LogP contribution in [0.15, 0.2) is 71.0 Å². The van der Waals surface area contributed by atoms with Crippen LogP contribution in [0.3, 0.4) is 0 Å². The zero-order chi connectivity index (χ0) is 32.5. The van der Waals surface area contributed by atoms with Gasteiger partial charge >= 0.3 is 12.0 Å². The van der Waals surface area contributed by atoms with Crippen LogP contribution in [-0.2, 0) is 16.1 Å². The molecule has 4 N–H and O–H groups in total. The minimum absolute atomic E-state index is 0.140. The molecule has 1 aliphatic rings. The first-order chi connectivity index (χ1) is 21.6. The number of halogens is 3. The number of nitrogens with one attached hydrogen (secondary N) is 3. The van der Waals surface area contributed by atoms with Gasteiger partial charge in [-0.25, -0.2) is 9.59 Å². The number of amides is 2. The summed E-state index contributed by atoms with van der Waals surface area (Å²) in [7, 11) is 1.28. The summed E-state index contributed by atoms with van der Waals surface area (Å²) in [6.07, 6.45) is 0.463. The number of carbonyl (C=O) groups excluding carboxylic acids is 2. The molecule has 11 nitrogen and oxygen atoms in total. The van der Waals surface area contributed by atoms with Crippen molar-refractivity contribution in [2.24, 2.45) is 5.10 Å². The number of aliphatic hydroxyl groups is 1. The Balaban J connectivity index is 1.37. The number of allylic oxidation sites excluding steroid dienone is 1. The molecule has 2 amide bonds. The fraction of sp³-hybridized carbons (Fsp3) is 0.258. The molecule has 14 heteroatoms. The van der Waals surface area contributed by atoms with Gasteiger partial charge in [-0.3, -0.25) is 5.43 Å². The van der Waals surface area contributed by atoms with E-state index in [0.29, 0.717) is 41.0 Å². The molecule has 0 aromatic heterocycles. The van der Waals surface area contributed by atoms with Gasteiger partial charge in [-0.1, -0.05) is 29.8 Å². The van der Waals surface area contributed by atoms with E-state index in [0.717, 1.165) is 24.0 Å². The van der Waals surface area contributed by atoms with E-state index < -0.39 is 24.3 Å². The highest BCUT2D eigenvalue weighted by molar-refractivity contribution is 14.1. The first-order valence-electron chi connectivity index (χ1n) is 13.7. The van der Waals surface area contributed by atoms with Crippen molar-refractivity contribution < 1.29 is 33.6 Å². The van der Waals surface area contributed by atoms with Gasteiger partial charge in [0.2, 0.25) is 0 Å². The van der Waals surface area contributed by atoms with Crippen molar-refractivity contribution in [2.45, 2.75) is 32.7 Å². The number of hydrogen-bond acceptors (Lipinski definition) is 9. The smallest absolute Gasteiger partial charge is 0.337 e. The van der Waals surface area contributed by atoms with Crippen LogP contribution in [0.5, 0.6) is 17.2 Å². The molecule has 2 atom stereocenters. The number of nitrogens with zero attached hydrogens (tertiary/aromatic N) is 1. The molecule has 0 radical (unpaired) electrons. The highest BCUT2D eigenvalue weighted by atomic mass is 127. The quantitative estimate of drug-likeness (QED) is 0.0570. The van der Waals surface area contributed by atoms with Gasteiger partial charge in [0.1, 0.15) is 19.0 Å². The van der Waals surface area contributed by atoms with Crippen LogP contribution in [0, 0.1) is 7.14 Å². The maximum Gasteiger partial charge on any atom is 0.337 e. The third-order valence-electron chi connectivity index (χ3n) is 6.40. The van der Waals surface area contributed by atoms with Crippen LogP contribution in [-0.4, -0.2) is 49.9 Å². The molecule has 3 aromatic rings. The SMILES string of the molecule is CCOc1cc([C@H]2NC(=O)NC(C)=C2C(=O)OC)ccc1OC[C@H](O)N/N=C/c1cc(I)c(OCc2cccc(Cl)c2)c(I)c1. The second-order valence-electron chi connectivity index (χ2n) is 9.65. The Bertz CT molecular complexity index is 1600. The molecule has 45 heavy (non-hydrogen) atoms. The number of esters is 1. The average molecular weight is 861 g/mol. The van der Waals surface area contributed by atoms with E-state index in [9.17, 15) is 14.7 Å². The summed E-state index contributed by atoms with van der Waals surface area (Å²) in [4.78, 5) is 24.6. The van der Waals surface area contributed by atoms with Gasteiger partial charge in [0.15, 0.2) is 17.7 Å². The Morgan fingerprint density at radius 3 is 2.56 bits per heavy atom. The monoisotopic (exact) mass is 860 g/mol. The molecule has 0 saturated heterocycles. The number of aliphatic hydroxyl groups excluding tert-OH is 1. The molecule has 238 valence electrons. The minimum atomic E-state index is -1.13. The van der Waals surface area contributed by atoms with Crippen LogP contribution < -0.4 is 30.3 Å². The Hall–Kier alpha value is -3.28. The number of hydrazone groups is 1. The summed E-state index contributed by atoms with van der Waals surface area (Å²) < 4.78 is 24.3. The van der Waals surface area contributed by atoms with E-state index in [-0.39, 0.29) is 12.2 Å². The number of urea groups is 1. The van der Waals surface area contributed by atoms with Gasteiger partial charge in [-0.2, -0.15) is 5.10 Å². The minimum Gasteiger partial charge on any atom is -0.490 e. The molecular formula is C31H31ClI2N4O7. The Labute approximate surface area is 293 Å².